The Balaban J connectivity index is 1.63. The number of nitrogens with one attached hydrogen (secondary N) is 1. The second-order valence-corrected chi connectivity index (χ2v) is 9.09. The van der Waals surface area contributed by atoms with Crippen molar-refractivity contribution < 1.29 is 18.0 Å². The highest BCUT2D eigenvalue weighted by Gasteiger charge is 2.38. The van der Waals surface area contributed by atoms with E-state index in [4.69, 9.17) is 0 Å². The monoisotopic (exact) mass is 364 g/mol. The first-order valence-electron chi connectivity index (χ1n) is 8.68. The van der Waals surface area contributed by atoms with Gasteiger partial charge in [0.25, 0.3) is 0 Å². The number of hydrogen-bond acceptors (Lipinski definition) is 4. The van der Waals surface area contributed by atoms with Crippen molar-refractivity contribution in [3.63, 3.8) is 0 Å². The fraction of sp³-hybridized carbons (Fsp3) is 0.556. The zero-order valence-corrected chi connectivity index (χ0v) is 15.4. The van der Waals surface area contributed by atoms with Gasteiger partial charge in [-0.1, -0.05) is 6.92 Å². The van der Waals surface area contributed by atoms with Gasteiger partial charge in [0.05, 0.1) is 4.90 Å². The second kappa shape index (κ2) is 6.78. The molecule has 2 atom stereocenters. The molecule has 7 heteroatoms. The van der Waals surface area contributed by atoms with E-state index in [-0.39, 0.29) is 29.0 Å². The van der Waals surface area contributed by atoms with Crippen LogP contribution < -0.4 is 10.2 Å². The van der Waals surface area contributed by atoms with Crippen molar-refractivity contribution in [3.8, 4) is 0 Å². The number of amides is 2. The summed E-state index contributed by atoms with van der Waals surface area (Å²) in [5.41, 5.74) is 1.67. The molecule has 25 heavy (non-hydrogen) atoms. The van der Waals surface area contributed by atoms with E-state index >= 15 is 0 Å². The number of aryl methyl sites for hydroxylation is 1. The van der Waals surface area contributed by atoms with Gasteiger partial charge in [0.15, 0.2) is 9.84 Å². The van der Waals surface area contributed by atoms with Crippen molar-refractivity contribution in [2.75, 3.05) is 24.2 Å². The minimum atomic E-state index is -3.26. The number of sulfone groups is 1. The zero-order valence-electron chi connectivity index (χ0n) is 14.6. The van der Waals surface area contributed by atoms with Gasteiger partial charge in [-0.15, -0.1) is 0 Å². The molecular formula is C18H24N2O4S. The Morgan fingerprint density at radius 3 is 2.68 bits per heavy atom. The van der Waals surface area contributed by atoms with Gasteiger partial charge in [-0.05, 0) is 48.9 Å². The number of fused-ring (bicyclic) bond motifs is 1. The maximum atomic E-state index is 12.5. The molecule has 1 aliphatic carbocycles. The highest BCUT2D eigenvalue weighted by Crippen LogP contribution is 2.37. The Labute approximate surface area is 148 Å². The maximum Gasteiger partial charge on any atom is 0.228 e. The molecule has 0 unspecified atom stereocenters. The standard InChI is InChI=1S/C18H24N2O4S/c1-12-10-15(12)18(22)19-8-7-17(21)20-9-3-4-13-11-14(25(2,23)24)5-6-16(13)20/h5-6,11-12,15H,3-4,7-10H2,1-2H3,(H,19,22)/t12-,15+/m0/s1. The van der Waals surface area contributed by atoms with Crippen LogP contribution in [0.1, 0.15) is 31.7 Å². The minimum Gasteiger partial charge on any atom is -0.355 e. The van der Waals surface area contributed by atoms with Crippen LogP contribution in [-0.4, -0.2) is 39.6 Å². The third-order valence-corrected chi connectivity index (χ3v) is 6.09. The third-order valence-electron chi connectivity index (χ3n) is 4.98. The smallest absolute Gasteiger partial charge is 0.228 e. The molecule has 2 amide bonds. The van der Waals surface area contributed by atoms with Gasteiger partial charge < -0.3 is 10.2 Å². The van der Waals surface area contributed by atoms with Crippen molar-refractivity contribution in [3.05, 3.63) is 23.8 Å². The predicted molar refractivity (Wildman–Crippen MR) is 95.1 cm³/mol. The van der Waals surface area contributed by atoms with Crippen LogP contribution in [0.4, 0.5) is 5.69 Å². The average Bonchev–Trinajstić information content (AvgIpc) is 3.29. The lowest BCUT2D eigenvalue weighted by Crippen LogP contribution is -2.38. The number of nitrogens with zero attached hydrogens (tertiary/aromatic N) is 1. The largest absolute Gasteiger partial charge is 0.355 e. The van der Waals surface area contributed by atoms with Gasteiger partial charge in [0, 0.05) is 37.4 Å². The van der Waals surface area contributed by atoms with Crippen molar-refractivity contribution in [1.82, 2.24) is 5.32 Å². The quantitative estimate of drug-likeness (QED) is 0.859. The number of carbonyl (C=O) groups is 2. The van der Waals surface area contributed by atoms with Gasteiger partial charge in [-0.25, -0.2) is 8.42 Å². The topological polar surface area (TPSA) is 83.6 Å². The van der Waals surface area contributed by atoms with E-state index < -0.39 is 9.84 Å². The minimum absolute atomic E-state index is 0.0390. The van der Waals surface area contributed by atoms with Crippen molar-refractivity contribution in [2.45, 2.75) is 37.5 Å². The summed E-state index contributed by atoms with van der Waals surface area (Å²) in [4.78, 5) is 26.3. The Morgan fingerprint density at radius 2 is 2.04 bits per heavy atom. The first kappa shape index (κ1) is 17.9. The number of benzene rings is 1. The summed E-state index contributed by atoms with van der Waals surface area (Å²) in [6.45, 7) is 3.01. The van der Waals surface area contributed by atoms with Crippen molar-refractivity contribution >= 4 is 27.3 Å². The average molecular weight is 364 g/mol. The normalized spacial score (nSPS) is 22.2. The Hall–Kier alpha value is -1.89. The number of carbonyl (C=O) groups excluding carboxylic acids is 2. The summed E-state index contributed by atoms with van der Waals surface area (Å²) >= 11 is 0. The lowest BCUT2D eigenvalue weighted by Gasteiger charge is -2.30. The number of hydrogen-bond donors (Lipinski definition) is 1. The molecule has 0 saturated heterocycles. The highest BCUT2D eigenvalue weighted by atomic mass is 32.2. The number of rotatable bonds is 5. The molecule has 1 aliphatic heterocycles. The molecule has 0 spiro atoms. The van der Waals surface area contributed by atoms with Crippen molar-refractivity contribution in [1.29, 1.82) is 0 Å². The summed E-state index contributed by atoms with van der Waals surface area (Å²) in [5, 5.41) is 2.83. The van der Waals surface area contributed by atoms with Crippen LogP contribution in [-0.2, 0) is 25.8 Å². The highest BCUT2D eigenvalue weighted by molar-refractivity contribution is 7.90. The lowest BCUT2D eigenvalue weighted by atomic mass is 10.0. The Bertz CT molecular complexity index is 803. The van der Waals surface area contributed by atoms with Crippen LogP contribution in [0.15, 0.2) is 23.1 Å². The maximum absolute atomic E-state index is 12.5. The molecule has 6 nitrogen and oxygen atoms in total. The van der Waals surface area contributed by atoms with E-state index in [0.29, 0.717) is 19.0 Å². The van der Waals surface area contributed by atoms with Gasteiger partial charge in [0.2, 0.25) is 11.8 Å². The van der Waals surface area contributed by atoms with E-state index in [2.05, 4.69) is 5.32 Å². The van der Waals surface area contributed by atoms with E-state index in [1.807, 2.05) is 6.92 Å². The van der Waals surface area contributed by atoms with Crippen molar-refractivity contribution in [2.24, 2.45) is 11.8 Å². The van der Waals surface area contributed by atoms with E-state index in [1.165, 1.54) is 6.26 Å². The van der Waals surface area contributed by atoms with Crippen LogP contribution in [0.25, 0.3) is 0 Å². The molecule has 0 radical (unpaired) electrons. The molecule has 1 N–H and O–H groups in total. The molecule has 1 fully saturated rings. The second-order valence-electron chi connectivity index (χ2n) is 7.07. The fourth-order valence-corrected chi connectivity index (χ4v) is 3.98. The molecule has 3 rings (SSSR count). The SMILES string of the molecule is C[C@H]1C[C@H]1C(=O)NCCC(=O)N1CCCc2cc(S(C)(=O)=O)ccc21. The molecule has 136 valence electrons. The first-order chi connectivity index (χ1) is 11.8. The Morgan fingerprint density at radius 1 is 1.32 bits per heavy atom. The predicted octanol–water partition coefficient (Wildman–Crippen LogP) is 1.53. The summed E-state index contributed by atoms with van der Waals surface area (Å²) in [6.07, 6.45) is 3.93. The fourth-order valence-electron chi connectivity index (χ4n) is 3.31. The number of anilines is 1. The summed E-state index contributed by atoms with van der Waals surface area (Å²) < 4.78 is 23.4. The molecule has 2 aliphatic rings. The summed E-state index contributed by atoms with van der Waals surface area (Å²) in [6, 6.07) is 4.93. The van der Waals surface area contributed by atoms with Gasteiger partial charge in [-0.2, -0.15) is 0 Å². The summed E-state index contributed by atoms with van der Waals surface area (Å²) in [5.74, 6) is 0.559. The van der Waals surface area contributed by atoms with Crippen LogP contribution in [0, 0.1) is 11.8 Å². The van der Waals surface area contributed by atoms with Crippen LogP contribution >= 0.6 is 0 Å². The molecule has 1 heterocycles. The molecule has 0 bridgehead atoms. The van der Waals surface area contributed by atoms with Gasteiger partial charge in [-0.3, -0.25) is 9.59 Å². The zero-order chi connectivity index (χ0) is 18.2. The van der Waals surface area contributed by atoms with E-state index in [0.717, 1.165) is 30.5 Å². The molecule has 1 aromatic rings. The third kappa shape index (κ3) is 4.03. The lowest BCUT2D eigenvalue weighted by molar-refractivity contribution is -0.122. The van der Waals surface area contributed by atoms with Crippen LogP contribution in [0.2, 0.25) is 0 Å². The molecular weight excluding hydrogens is 340 g/mol. The van der Waals surface area contributed by atoms with Gasteiger partial charge in [0.1, 0.15) is 0 Å². The molecule has 1 saturated carbocycles. The van der Waals surface area contributed by atoms with Crippen LogP contribution in [0.5, 0.6) is 0 Å². The molecule has 1 aromatic carbocycles. The first-order valence-corrected chi connectivity index (χ1v) is 10.6. The van der Waals surface area contributed by atoms with E-state index in [9.17, 15) is 18.0 Å². The molecule has 0 aromatic heterocycles. The van der Waals surface area contributed by atoms with Gasteiger partial charge >= 0.3 is 0 Å². The Kier molecular flexibility index (Phi) is 4.86. The van der Waals surface area contributed by atoms with Crippen LogP contribution in [0.3, 0.4) is 0 Å². The summed E-state index contributed by atoms with van der Waals surface area (Å²) in [7, 11) is -3.26. The van der Waals surface area contributed by atoms with E-state index in [1.54, 1.807) is 23.1 Å².